The lowest BCUT2D eigenvalue weighted by molar-refractivity contribution is -0.0446. The van der Waals surface area contributed by atoms with Gasteiger partial charge in [0, 0.05) is 28.6 Å². The zero-order valence-corrected chi connectivity index (χ0v) is 10.6. The van der Waals surface area contributed by atoms with Crippen molar-refractivity contribution >= 4 is 23.2 Å². The van der Waals surface area contributed by atoms with E-state index in [1.165, 1.54) is 0 Å². The first kappa shape index (κ1) is 12.2. The Balaban J connectivity index is 2.32. The van der Waals surface area contributed by atoms with Gasteiger partial charge in [-0.25, -0.2) is 0 Å². The fourth-order valence-electron chi connectivity index (χ4n) is 2.00. The van der Waals surface area contributed by atoms with E-state index in [0.29, 0.717) is 29.5 Å². The molecule has 2 rings (SSSR count). The maximum atomic E-state index is 9.61. The van der Waals surface area contributed by atoms with Crippen LogP contribution in [0.25, 0.3) is 0 Å². The Morgan fingerprint density at radius 3 is 2.50 bits per heavy atom. The summed E-state index contributed by atoms with van der Waals surface area (Å²) in [6.45, 7) is 2.49. The molecule has 1 heterocycles. The summed E-state index contributed by atoms with van der Waals surface area (Å²) in [5.41, 5.74) is 1.82. The van der Waals surface area contributed by atoms with Gasteiger partial charge in [0.25, 0.3) is 0 Å². The Morgan fingerprint density at radius 1 is 1.31 bits per heavy atom. The summed E-state index contributed by atoms with van der Waals surface area (Å²) < 4.78 is 5.61. The first-order chi connectivity index (χ1) is 7.58. The van der Waals surface area contributed by atoms with Gasteiger partial charge in [0.1, 0.15) is 0 Å². The van der Waals surface area contributed by atoms with Crippen LogP contribution in [0.2, 0.25) is 10.0 Å². The third kappa shape index (κ3) is 2.51. The molecule has 1 aliphatic rings. The van der Waals surface area contributed by atoms with Gasteiger partial charge in [-0.05, 0) is 31.0 Å². The van der Waals surface area contributed by atoms with Crippen molar-refractivity contribution in [2.24, 2.45) is 0 Å². The van der Waals surface area contributed by atoms with E-state index in [9.17, 15) is 5.11 Å². The summed E-state index contributed by atoms with van der Waals surface area (Å²) in [5, 5.41) is 10.8. The fourth-order valence-corrected chi connectivity index (χ4v) is 2.84. The van der Waals surface area contributed by atoms with Gasteiger partial charge in [0.05, 0.1) is 12.2 Å². The van der Waals surface area contributed by atoms with Gasteiger partial charge in [-0.1, -0.05) is 23.2 Å². The topological polar surface area (TPSA) is 29.5 Å². The number of halogens is 2. The van der Waals surface area contributed by atoms with Crippen molar-refractivity contribution in [1.29, 1.82) is 0 Å². The molecule has 0 radical (unpaired) electrons. The van der Waals surface area contributed by atoms with Gasteiger partial charge in [-0.2, -0.15) is 0 Å². The fraction of sp³-hybridized carbons (Fsp3) is 0.500. The molecule has 1 aromatic rings. The highest BCUT2D eigenvalue weighted by Gasteiger charge is 2.26. The monoisotopic (exact) mass is 260 g/mol. The van der Waals surface area contributed by atoms with Crippen LogP contribution in [0.15, 0.2) is 12.1 Å². The van der Waals surface area contributed by atoms with Crippen molar-refractivity contribution in [2.75, 3.05) is 6.61 Å². The number of aliphatic hydroxyl groups is 1. The van der Waals surface area contributed by atoms with Crippen molar-refractivity contribution < 1.29 is 9.84 Å². The van der Waals surface area contributed by atoms with Crippen LogP contribution < -0.4 is 0 Å². The second-order valence-electron chi connectivity index (χ2n) is 4.18. The number of aliphatic hydroxyl groups excluding tert-OH is 1. The Labute approximate surface area is 105 Å². The molecule has 0 saturated carbocycles. The third-order valence-corrected chi connectivity index (χ3v) is 3.43. The van der Waals surface area contributed by atoms with Crippen molar-refractivity contribution in [3.63, 3.8) is 0 Å². The highest BCUT2D eigenvalue weighted by Crippen LogP contribution is 2.38. The Hall–Kier alpha value is -0.280. The molecule has 1 saturated heterocycles. The molecule has 4 heteroatoms. The second kappa shape index (κ2) is 4.92. The lowest BCUT2D eigenvalue weighted by Gasteiger charge is -2.28. The minimum atomic E-state index is -0.327. The Bertz CT molecular complexity index is 370. The van der Waals surface area contributed by atoms with E-state index < -0.39 is 0 Å². The van der Waals surface area contributed by atoms with Gasteiger partial charge in [0.2, 0.25) is 0 Å². The molecule has 1 aromatic carbocycles. The van der Waals surface area contributed by atoms with Crippen LogP contribution in [-0.4, -0.2) is 17.8 Å². The Morgan fingerprint density at radius 2 is 1.94 bits per heavy atom. The second-order valence-corrected chi connectivity index (χ2v) is 4.99. The van der Waals surface area contributed by atoms with Crippen LogP contribution in [0.4, 0.5) is 0 Å². The number of hydrogen-bond donors (Lipinski definition) is 1. The minimum Gasteiger partial charge on any atom is -0.393 e. The number of ether oxygens (including phenoxy) is 1. The zero-order valence-electron chi connectivity index (χ0n) is 9.04. The van der Waals surface area contributed by atoms with Crippen molar-refractivity contribution in [3.05, 3.63) is 33.3 Å². The third-order valence-electron chi connectivity index (χ3n) is 2.80. The molecule has 0 aromatic heterocycles. The molecule has 1 fully saturated rings. The lowest BCUT2D eigenvalue weighted by Crippen LogP contribution is -2.23. The van der Waals surface area contributed by atoms with Crippen molar-refractivity contribution in [1.82, 2.24) is 0 Å². The van der Waals surface area contributed by atoms with E-state index in [1.807, 2.05) is 19.1 Å². The Kier molecular flexibility index (Phi) is 3.75. The van der Waals surface area contributed by atoms with E-state index in [0.717, 1.165) is 11.1 Å². The summed E-state index contributed by atoms with van der Waals surface area (Å²) in [6, 6.07) is 3.74. The number of benzene rings is 1. The maximum Gasteiger partial charge on any atom is 0.0878 e. The molecule has 0 bridgehead atoms. The predicted molar refractivity (Wildman–Crippen MR) is 65.1 cm³/mol. The van der Waals surface area contributed by atoms with E-state index in [2.05, 4.69) is 0 Å². The molecular formula is C12H14Cl2O2. The van der Waals surface area contributed by atoms with Gasteiger partial charge in [-0.15, -0.1) is 0 Å². The van der Waals surface area contributed by atoms with Crippen LogP contribution in [0, 0.1) is 6.92 Å². The molecule has 2 nitrogen and oxygen atoms in total. The minimum absolute atomic E-state index is 0.190. The van der Waals surface area contributed by atoms with Crippen LogP contribution in [0.3, 0.4) is 0 Å². The van der Waals surface area contributed by atoms with Gasteiger partial charge in [0.15, 0.2) is 0 Å². The largest absolute Gasteiger partial charge is 0.393 e. The highest BCUT2D eigenvalue weighted by molar-refractivity contribution is 6.36. The molecule has 16 heavy (non-hydrogen) atoms. The molecule has 88 valence electrons. The van der Waals surface area contributed by atoms with E-state index in [1.54, 1.807) is 0 Å². The quantitative estimate of drug-likeness (QED) is 0.838. The SMILES string of the molecule is Cc1cc(Cl)c(C2CC(O)CCO2)c(Cl)c1. The van der Waals surface area contributed by atoms with Gasteiger partial charge in [-0.3, -0.25) is 0 Å². The standard InChI is InChI=1S/C12H14Cl2O2/c1-7-4-9(13)12(10(14)5-7)11-6-8(15)2-3-16-11/h4-5,8,11,15H,2-3,6H2,1H3. The zero-order chi connectivity index (χ0) is 11.7. The lowest BCUT2D eigenvalue weighted by atomic mass is 9.98. The maximum absolute atomic E-state index is 9.61. The van der Waals surface area contributed by atoms with Crippen molar-refractivity contribution in [2.45, 2.75) is 32.0 Å². The number of rotatable bonds is 1. The van der Waals surface area contributed by atoms with Crippen LogP contribution in [0.5, 0.6) is 0 Å². The number of hydrogen-bond acceptors (Lipinski definition) is 2. The van der Waals surface area contributed by atoms with Crippen molar-refractivity contribution in [3.8, 4) is 0 Å². The smallest absolute Gasteiger partial charge is 0.0878 e. The van der Waals surface area contributed by atoms with Crippen LogP contribution in [0.1, 0.15) is 30.1 Å². The summed E-state index contributed by atoms with van der Waals surface area (Å²) in [6.07, 6.45) is 0.719. The van der Waals surface area contributed by atoms with E-state index >= 15 is 0 Å². The molecule has 0 aliphatic carbocycles. The molecular weight excluding hydrogens is 247 g/mol. The average Bonchev–Trinajstić information content (AvgIpc) is 2.15. The molecule has 2 unspecified atom stereocenters. The molecule has 1 N–H and O–H groups in total. The van der Waals surface area contributed by atoms with E-state index in [4.69, 9.17) is 27.9 Å². The number of aryl methyl sites for hydroxylation is 1. The predicted octanol–water partition coefficient (Wildman–Crippen LogP) is 3.51. The highest BCUT2D eigenvalue weighted by atomic mass is 35.5. The summed E-state index contributed by atoms with van der Waals surface area (Å²) >= 11 is 12.3. The molecule has 2 atom stereocenters. The van der Waals surface area contributed by atoms with E-state index in [-0.39, 0.29) is 12.2 Å². The first-order valence-corrected chi connectivity index (χ1v) is 6.08. The molecule has 1 aliphatic heterocycles. The summed E-state index contributed by atoms with van der Waals surface area (Å²) in [5.74, 6) is 0. The molecule has 0 spiro atoms. The van der Waals surface area contributed by atoms with Crippen LogP contribution >= 0.6 is 23.2 Å². The molecule has 0 amide bonds. The van der Waals surface area contributed by atoms with Gasteiger partial charge >= 0.3 is 0 Å². The average molecular weight is 261 g/mol. The summed E-state index contributed by atoms with van der Waals surface area (Å²) in [4.78, 5) is 0. The van der Waals surface area contributed by atoms with Crippen LogP contribution in [-0.2, 0) is 4.74 Å². The summed E-state index contributed by atoms with van der Waals surface area (Å²) in [7, 11) is 0. The first-order valence-electron chi connectivity index (χ1n) is 5.33. The normalized spacial score (nSPS) is 25.8. The van der Waals surface area contributed by atoms with Gasteiger partial charge < -0.3 is 9.84 Å².